The number of carbonyl (C=O) groups excluding carboxylic acids is 1. The molecule has 22 heavy (non-hydrogen) atoms. The largest absolute Gasteiger partial charge is 0.368 e. The smallest absolute Gasteiger partial charge is 0.273 e. The zero-order chi connectivity index (χ0) is 15.7. The number of aromatic nitrogens is 2. The summed E-state index contributed by atoms with van der Waals surface area (Å²) in [6.45, 7) is 5.90. The van der Waals surface area contributed by atoms with Gasteiger partial charge in [0.25, 0.3) is 5.91 Å². The Labute approximate surface area is 130 Å². The van der Waals surface area contributed by atoms with Gasteiger partial charge in [-0.1, -0.05) is 19.9 Å². The molecule has 0 atom stereocenters. The summed E-state index contributed by atoms with van der Waals surface area (Å²) in [6.07, 6.45) is 3.00. The SMILES string of the molecule is CCc1ccc2nc(N)nc(C(=O)N3CCC(C)CC3)c2c1. The molecule has 1 aliphatic rings. The molecule has 0 bridgehead atoms. The number of aryl methyl sites for hydroxylation is 1. The van der Waals surface area contributed by atoms with Gasteiger partial charge in [0, 0.05) is 18.5 Å². The number of amides is 1. The third kappa shape index (κ3) is 2.75. The van der Waals surface area contributed by atoms with Crippen LogP contribution in [0.2, 0.25) is 0 Å². The van der Waals surface area contributed by atoms with E-state index in [1.165, 1.54) is 5.56 Å². The van der Waals surface area contributed by atoms with Crippen LogP contribution in [0.5, 0.6) is 0 Å². The van der Waals surface area contributed by atoms with Crippen molar-refractivity contribution in [2.24, 2.45) is 5.92 Å². The summed E-state index contributed by atoms with van der Waals surface area (Å²) >= 11 is 0. The van der Waals surface area contributed by atoms with E-state index in [2.05, 4.69) is 23.8 Å². The molecule has 0 saturated carbocycles. The maximum Gasteiger partial charge on any atom is 0.273 e. The Kier molecular flexibility index (Phi) is 3.96. The summed E-state index contributed by atoms with van der Waals surface area (Å²) in [4.78, 5) is 23.2. The Morgan fingerprint density at radius 3 is 2.73 bits per heavy atom. The third-order valence-corrected chi connectivity index (χ3v) is 4.46. The summed E-state index contributed by atoms with van der Waals surface area (Å²) in [6, 6.07) is 5.95. The van der Waals surface area contributed by atoms with Crippen molar-refractivity contribution in [1.29, 1.82) is 0 Å². The minimum absolute atomic E-state index is 0.0285. The Balaban J connectivity index is 2.03. The molecule has 3 rings (SSSR count). The zero-order valence-corrected chi connectivity index (χ0v) is 13.2. The number of likely N-dealkylation sites (tertiary alicyclic amines) is 1. The van der Waals surface area contributed by atoms with E-state index in [-0.39, 0.29) is 11.9 Å². The Hall–Kier alpha value is -2.17. The minimum atomic E-state index is -0.0285. The number of nitrogens with two attached hydrogens (primary N) is 1. The van der Waals surface area contributed by atoms with Crippen LogP contribution in [0, 0.1) is 5.92 Å². The summed E-state index contributed by atoms with van der Waals surface area (Å²) in [5, 5.41) is 0.803. The molecule has 116 valence electrons. The topological polar surface area (TPSA) is 72.1 Å². The van der Waals surface area contributed by atoms with E-state index < -0.39 is 0 Å². The maximum absolute atomic E-state index is 12.9. The zero-order valence-electron chi connectivity index (χ0n) is 13.2. The van der Waals surface area contributed by atoms with Crippen LogP contribution in [0.3, 0.4) is 0 Å². The first-order valence-electron chi connectivity index (χ1n) is 7.94. The Morgan fingerprint density at radius 1 is 1.32 bits per heavy atom. The van der Waals surface area contributed by atoms with Gasteiger partial charge in [0.05, 0.1) is 5.52 Å². The number of carbonyl (C=O) groups is 1. The van der Waals surface area contributed by atoms with Gasteiger partial charge in [-0.3, -0.25) is 4.79 Å². The number of anilines is 1. The lowest BCUT2D eigenvalue weighted by Gasteiger charge is -2.30. The number of nitrogens with zero attached hydrogens (tertiary/aromatic N) is 3. The van der Waals surface area contributed by atoms with Crippen LogP contribution in [0.15, 0.2) is 18.2 Å². The van der Waals surface area contributed by atoms with Crippen molar-refractivity contribution in [2.45, 2.75) is 33.1 Å². The molecule has 5 heteroatoms. The molecule has 1 fully saturated rings. The molecule has 0 spiro atoms. The number of nitrogen functional groups attached to an aromatic ring is 1. The van der Waals surface area contributed by atoms with E-state index in [9.17, 15) is 4.79 Å². The number of hydrogen-bond acceptors (Lipinski definition) is 4. The summed E-state index contributed by atoms with van der Waals surface area (Å²) in [5.74, 6) is 0.813. The van der Waals surface area contributed by atoms with Crippen molar-refractivity contribution < 1.29 is 4.79 Å². The summed E-state index contributed by atoms with van der Waals surface area (Å²) < 4.78 is 0. The van der Waals surface area contributed by atoms with Gasteiger partial charge in [0.15, 0.2) is 0 Å². The van der Waals surface area contributed by atoms with Gasteiger partial charge < -0.3 is 10.6 Å². The second kappa shape index (κ2) is 5.91. The maximum atomic E-state index is 12.9. The number of rotatable bonds is 2. The van der Waals surface area contributed by atoms with Crippen LogP contribution in [-0.4, -0.2) is 33.9 Å². The molecule has 0 aliphatic carbocycles. The van der Waals surface area contributed by atoms with E-state index in [1.807, 2.05) is 23.1 Å². The summed E-state index contributed by atoms with van der Waals surface area (Å²) in [7, 11) is 0. The highest BCUT2D eigenvalue weighted by atomic mass is 16.2. The fraction of sp³-hybridized carbons (Fsp3) is 0.471. The molecular weight excluding hydrogens is 276 g/mol. The molecule has 5 nitrogen and oxygen atoms in total. The molecule has 2 aromatic rings. The van der Waals surface area contributed by atoms with E-state index in [4.69, 9.17) is 5.73 Å². The molecule has 2 heterocycles. The number of hydrogen-bond donors (Lipinski definition) is 1. The van der Waals surface area contributed by atoms with Crippen molar-refractivity contribution in [1.82, 2.24) is 14.9 Å². The minimum Gasteiger partial charge on any atom is -0.368 e. The predicted octanol–water partition coefficient (Wildman–Crippen LogP) is 2.65. The molecule has 1 aromatic carbocycles. The Morgan fingerprint density at radius 2 is 2.05 bits per heavy atom. The van der Waals surface area contributed by atoms with E-state index >= 15 is 0 Å². The van der Waals surface area contributed by atoms with Gasteiger partial charge in [-0.2, -0.15) is 0 Å². The highest BCUT2D eigenvalue weighted by Gasteiger charge is 2.24. The van der Waals surface area contributed by atoms with E-state index in [0.717, 1.165) is 43.3 Å². The van der Waals surface area contributed by atoms with Crippen LogP contribution >= 0.6 is 0 Å². The lowest BCUT2D eigenvalue weighted by Crippen LogP contribution is -2.38. The first-order chi connectivity index (χ1) is 10.6. The fourth-order valence-corrected chi connectivity index (χ4v) is 2.94. The molecule has 2 N–H and O–H groups in total. The normalized spacial score (nSPS) is 16.2. The van der Waals surface area contributed by atoms with Gasteiger partial charge in [-0.25, -0.2) is 9.97 Å². The standard InChI is InChI=1S/C17H22N4O/c1-3-12-4-5-14-13(10-12)15(20-17(18)19-14)16(22)21-8-6-11(2)7-9-21/h4-5,10-11H,3,6-9H2,1-2H3,(H2,18,19,20). The lowest BCUT2D eigenvalue weighted by atomic mass is 9.98. The first kappa shape index (κ1) is 14.8. The van der Waals surface area contributed by atoms with Crippen LogP contribution in [0.4, 0.5) is 5.95 Å². The van der Waals surface area contributed by atoms with Gasteiger partial charge in [-0.15, -0.1) is 0 Å². The molecule has 0 radical (unpaired) electrons. The van der Waals surface area contributed by atoms with Gasteiger partial charge in [0.2, 0.25) is 5.95 Å². The van der Waals surface area contributed by atoms with Crippen molar-refractivity contribution in [3.63, 3.8) is 0 Å². The molecular formula is C17H22N4O. The predicted molar refractivity (Wildman–Crippen MR) is 87.6 cm³/mol. The lowest BCUT2D eigenvalue weighted by molar-refractivity contribution is 0.0693. The number of fused-ring (bicyclic) bond motifs is 1. The average molecular weight is 298 g/mol. The van der Waals surface area contributed by atoms with E-state index in [0.29, 0.717) is 11.6 Å². The van der Waals surface area contributed by atoms with Crippen molar-refractivity contribution >= 4 is 22.8 Å². The quantitative estimate of drug-likeness (QED) is 0.925. The monoisotopic (exact) mass is 298 g/mol. The molecule has 1 amide bonds. The van der Waals surface area contributed by atoms with Gasteiger partial charge in [-0.05, 0) is 42.9 Å². The van der Waals surface area contributed by atoms with E-state index in [1.54, 1.807) is 0 Å². The van der Waals surface area contributed by atoms with Crippen LogP contribution in [0.25, 0.3) is 10.9 Å². The van der Waals surface area contributed by atoms with Crippen LogP contribution in [0.1, 0.15) is 42.7 Å². The second-order valence-electron chi connectivity index (χ2n) is 6.11. The highest BCUT2D eigenvalue weighted by molar-refractivity contribution is 6.04. The summed E-state index contributed by atoms with van der Waals surface area (Å²) in [5.41, 5.74) is 8.13. The highest BCUT2D eigenvalue weighted by Crippen LogP contribution is 2.23. The molecule has 1 aliphatic heterocycles. The second-order valence-corrected chi connectivity index (χ2v) is 6.11. The van der Waals surface area contributed by atoms with Crippen molar-refractivity contribution in [3.8, 4) is 0 Å². The van der Waals surface area contributed by atoms with Gasteiger partial charge >= 0.3 is 0 Å². The average Bonchev–Trinajstić information content (AvgIpc) is 2.53. The molecule has 1 aromatic heterocycles. The van der Waals surface area contributed by atoms with Crippen molar-refractivity contribution in [2.75, 3.05) is 18.8 Å². The van der Waals surface area contributed by atoms with Crippen LogP contribution in [-0.2, 0) is 6.42 Å². The number of piperidine rings is 1. The third-order valence-electron chi connectivity index (χ3n) is 4.46. The van der Waals surface area contributed by atoms with Crippen molar-refractivity contribution in [3.05, 3.63) is 29.5 Å². The van der Waals surface area contributed by atoms with Gasteiger partial charge in [0.1, 0.15) is 5.69 Å². The molecule has 0 unspecified atom stereocenters. The first-order valence-corrected chi connectivity index (χ1v) is 7.94. The Bertz CT molecular complexity index is 705. The fourth-order valence-electron chi connectivity index (χ4n) is 2.94. The number of benzene rings is 1. The molecule has 1 saturated heterocycles. The van der Waals surface area contributed by atoms with Crippen LogP contribution < -0.4 is 5.73 Å².